The number of nitrogens with zero attached hydrogens (tertiary/aromatic N) is 2. The highest BCUT2D eigenvalue weighted by atomic mass is 16.3. The van der Waals surface area contributed by atoms with Crippen LogP contribution in [0.3, 0.4) is 0 Å². The molecule has 0 spiro atoms. The summed E-state index contributed by atoms with van der Waals surface area (Å²) in [4.78, 5) is 13.2. The van der Waals surface area contributed by atoms with Crippen molar-refractivity contribution in [1.82, 2.24) is 9.78 Å². The minimum atomic E-state index is -0.478. The monoisotopic (exact) mass is 398 g/mol. The number of carbonyl (C=O) groups is 1. The molecule has 160 valence electrons. The van der Waals surface area contributed by atoms with Crippen molar-refractivity contribution >= 4 is 5.78 Å². The highest BCUT2D eigenvalue weighted by Gasteiger charge is 2.59. The Labute approximate surface area is 175 Å². The molecule has 4 heteroatoms. The Morgan fingerprint density at radius 2 is 1.97 bits per heavy atom. The average molecular weight is 399 g/mol. The zero-order valence-electron chi connectivity index (χ0n) is 18.4. The van der Waals surface area contributed by atoms with Gasteiger partial charge in [-0.25, -0.2) is 0 Å². The maximum absolute atomic E-state index is 13.2. The molecule has 29 heavy (non-hydrogen) atoms. The van der Waals surface area contributed by atoms with E-state index in [1.165, 1.54) is 38.5 Å². The van der Waals surface area contributed by atoms with Crippen LogP contribution in [0.4, 0.5) is 0 Å². The van der Waals surface area contributed by atoms with Crippen LogP contribution in [-0.4, -0.2) is 26.3 Å². The first-order chi connectivity index (χ1) is 13.8. The third kappa shape index (κ3) is 3.12. The van der Waals surface area contributed by atoms with Crippen molar-refractivity contribution in [2.24, 2.45) is 46.8 Å². The fraction of sp³-hybridized carbons (Fsp3) is 0.840. The summed E-state index contributed by atoms with van der Waals surface area (Å²) in [5, 5.41) is 15.1. The van der Waals surface area contributed by atoms with E-state index in [0.717, 1.165) is 30.6 Å². The van der Waals surface area contributed by atoms with Gasteiger partial charge in [-0.15, -0.1) is 0 Å². The Bertz CT molecular complexity index is 757. The van der Waals surface area contributed by atoms with E-state index >= 15 is 0 Å². The van der Waals surface area contributed by atoms with Crippen molar-refractivity contribution < 1.29 is 9.90 Å². The Hall–Kier alpha value is -1.16. The van der Waals surface area contributed by atoms with E-state index in [1.54, 1.807) is 10.9 Å². The molecule has 4 aliphatic rings. The molecular weight excluding hydrogens is 360 g/mol. The van der Waals surface area contributed by atoms with Gasteiger partial charge in [-0.3, -0.25) is 9.48 Å². The van der Waals surface area contributed by atoms with Gasteiger partial charge in [0.05, 0.1) is 12.1 Å². The summed E-state index contributed by atoms with van der Waals surface area (Å²) in [7, 11) is 0. The molecule has 1 aromatic rings. The second kappa shape index (κ2) is 6.93. The van der Waals surface area contributed by atoms with E-state index in [1.807, 2.05) is 12.3 Å². The van der Waals surface area contributed by atoms with Gasteiger partial charge >= 0.3 is 0 Å². The summed E-state index contributed by atoms with van der Waals surface area (Å²) in [6.07, 6.45) is 13.3. The highest BCUT2D eigenvalue weighted by molar-refractivity contribution is 5.82. The molecule has 0 aromatic carbocycles. The van der Waals surface area contributed by atoms with Crippen LogP contribution < -0.4 is 0 Å². The van der Waals surface area contributed by atoms with Crippen molar-refractivity contribution in [1.29, 1.82) is 0 Å². The van der Waals surface area contributed by atoms with Gasteiger partial charge in [-0.05, 0) is 105 Å². The van der Waals surface area contributed by atoms with Gasteiger partial charge in [0.15, 0.2) is 5.78 Å². The molecule has 1 aromatic heterocycles. The van der Waals surface area contributed by atoms with Gasteiger partial charge < -0.3 is 5.11 Å². The number of hydrogen-bond acceptors (Lipinski definition) is 3. The fourth-order valence-electron chi connectivity index (χ4n) is 8.44. The Balaban J connectivity index is 1.33. The average Bonchev–Trinajstić information content (AvgIpc) is 3.29. The van der Waals surface area contributed by atoms with Gasteiger partial charge in [0.1, 0.15) is 0 Å². The maximum atomic E-state index is 13.2. The number of aliphatic hydroxyl groups is 1. The third-order valence-electron chi connectivity index (χ3n) is 10.1. The lowest BCUT2D eigenvalue weighted by Crippen LogP contribution is -2.53. The first kappa shape index (κ1) is 19.8. The summed E-state index contributed by atoms with van der Waals surface area (Å²) >= 11 is 0. The summed E-state index contributed by atoms with van der Waals surface area (Å²) in [6, 6.07) is 1.90. The van der Waals surface area contributed by atoms with E-state index in [-0.39, 0.29) is 11.3 Å². The van der Waals surface area contributed by atoms with Crippen LogP contribution in [0.5, 0.6) is 0 Å². The SMILES string of the molecule is C[C@H]1C[C@H]2[C@@H](CC[C@@H]3[C@@H]2CC[C@]2(C)[C@@H](C(=O)Cn4cccn4)CC[C@@H]32)C[C@]1(C)O. The summed E-state index contributed by atoms with van der Waals surface area (Å²) < 4.78 is 1.80. The van der Waals surface area contributed by atoms with Gasteiger partial charge in [-0.2, -0.15) is 5.10 Å². The second-order valence-electron chi connectivity index (χ2n) is 11.5. The molecule has 0 aliphatic heterocycles. The molecule has 0 radical (unpaired) electrons. The minimum Gasteiger partial charge on any atom is -0.390 e. The van der Waals surface area contributed by atoms with Crippen LogP contribution in [0.1, 0.15) is 72.1 Å². The normalized spacial score (nSPS) is 49.2. The smallest absolute Gasteiger partial charge is 0.157 e. The lowest BCUT2D eigenvalue weighted by atomic mass is 9.48. The molecule has 5 rings (SSSR count). The van der Waals surface area contributed by atoms with Gasteiger partial charge in [0.25, 0.3) is 0 Å². The van der Waals surface area contributed by atoms with E-state index in [0.29, 0.717) is 30.1 Å². The Kier molecular flexibility index (Phi) is 4.73. The van der Waals surface area contributed by atoms with Crippen LogP contribution in [0.15, 0.2) is 18.5 Å². The van der Waals surface area contributed by atoms with E-state index in [9.17, 15) is 9.90 Å². The van der Waals surface area contributed by atoms with Crippen molar-refractivity contribution in [2.75, 3.05) is 0 Å². The summed E-state index contributed by atoms with van der Waals surface area (Å²) in [6.45, 7) is 7.19. The van der Waals surface area contributed by atoms with Crippen LogP contribution >= 0.6 is 0 Å². The molecule has 4 fully saturated rings. The molecule has 4 aliphatic carbocycles. The number of Topliss-reactive ketones (excluding diaryl/α,β-unsaturated/α-hetero) is 1. The van der Waals surface area contributed by atoms with Gasteiger partial charge in [0, 0.05) is 18.3 Å². The van der Waals surface area contributed by atoms with Crippen LogP contribution in [0.25, 0.3) is 0 Å². The lowest BCUT2D eigenvalue weighted by Gasteiger charge is -2.58. The molecule has 1 N–H and O–H groups in total. The predicted octanol–water partition coefficient (Wildman–Crippen LogP) is 4.72. The van der Waals surface area contributed by atoms with E-state index in [2.05, 4.69) is 25.9 Å². The number of rotatable bonds is 3. The Morgan fingerprint density at radius 1 is 1.14 bits per heavy atom. The van der Waals surface area contributed by atoms with Crippen LogP contribution in [0.2, 0.25) is 0 Å². The van der Waals surface area contributed by atoms with Crippen LogP contribution in [-0.2, 0) is 11.3 Å². The minimum absolute atomic E-state index is 0.185. The topological polar surface area (TPSA) is 55.1 Å². The van der Waals surface area contributed by atoms with Crippen molar-refractivity contribution in [3.05, 3.63) is 18.5 Å². The number of hydrogen-bond donors (Lipinski definition) is 1. The standard InChI is InChI=1S/C25H38N2O2/c1-16-13-20-17(14-25(16,3)29)5-6-19-18(20)9-10-24(2)21(19)7-8-22(24)23(28)15-27-12-4-11-26-27/h4,11-12,16-22,29H,5-10,13-15H2,1-3H3/t16-,17-,18-,19+,20-,21-,22+,24-,25-/m0/s1. The molecule has 0 unspecified atom stereocenters. The fourth-order valence-corrected chi connectivity index (χ4v) is 8.44. The molecule has 9 atom stereocenters. The second-order valence-corrected chi connectivity index (χ2v) is 11.5. The molecule has 1 heterocycles. The molecular formula is C25H38N2O2. The zero-order valence-corrected chi connectivity index (χ0v) is 18.4. The number of carbonyl (C=O) groups excluding carboxylic acids is 1. The lowest BCUT2D eigenvalue weighted by molar-refractivity contribution is -0.137. The predicted molar refractivity (Wildman–Crippen MR) is 113 cm³/mol. The quantitative estimate of drug-likeness (QED) is 0.802. The van der Waals surface area contributed by atoms with Crippen LogP contribution in [0, 0.1) is 46.8 Å². The number of fused-ring (bicyclic) bond motifs is 5. The van der Waals surface area contributed by atoms with Gasteiger partial charge in [0.2, 0.25) is 0 Å². The largest absolute Gasteiger partial charge is 0.390 e. The van der Waals surface area contributed by atoms with Crippen molar-refractivity contribution in [3.8, 4) is 0 Å². The number of aromatic nitrogens is 2. The van der Waals surface area contributed by atoms with Crippen molar-refractivity contribution in [2.45, 2.75) is 84.3 Å². The first-order valence-corrected chi connectivity index (χ1v) is 12.0. The van der Waals surface area contributed by atoms with Crippen molar-refractivity contribution in [3.63, 3.8) is 0 Å². The third-order valence-corrected chi connectivity index (χ3v) is 10.1. The maximum Gasteiger partial charge on any atom is 0.157 e. The van der Waals surface area contributed by atoms with E-state index in [4.69, 9.17) is 0 Å². The number of ketones is 1. The molecule has 0 bridgehead atoms. The molecule has 0 amide bonds. The Morgan fingerprint density at radius 3 is 2.72 bits per heavy atom. The first-order valence-electron chi connectivity index (χ1n) is 12.0. The van der Waals surface area contributed by atoms with Gasteiger partial charge in [-0.1, -0.05) is 13.8 Å². The summed E-state index contributed by atoms with van der Waals surface area (Å²) in [5.74, 6) is 4.86. The molecule has 4 saturated carbocycles. The summed E-state index contributed by atoms with van der Waals surface area (Å²) in [5.41, 5.74) is -0.293. The molecule has 0 saturated heterocycles. The molecule has 4 nitrogen and oxygen atoms in total. The zero-order chi connectivity index (χ0) is 20.4. The van der Waals surface area contributed by atoms with E-state index < -0.39 is 5.60 Å². The highest BCUT2D eigenvalue weighted by Crippen LogP contribution is 2.65.